The van der Waals surface area contributed by atoms with Crippen LogP contribution in [-0.4, -0.2) is 24.3 Å². The third-order valence-corrected chi connectivity index (χ3v) is 6.35. The largest absolute Gasteiger partial charge is 0.390 e. The van der Waals surface area contributed by atoms with Crippen molar-refractivity contribution in [3.63, 3.8) is 0 Å². The molecule has 0 aliphatic heterocycles. The number of rotatable bonds is 0. The maximum atomic E-state index is 12.0. The highest BCUT2D eigenvalue weighted by molar-refractivity contribution is 6.12. The van der Waals surface area contributed by atoms with Crippen molar-refractivity contribution in [3.8, 4) is 0 Å². The number of aliphatic hydroxyl groups is 1. The Balaban J connectivity index is 2.12. The van der Waals surface area contributed by atoms with Crippen molar-refractivity contribution >= 4 is 13.6 Å². The molecule has 0 aromatic heterocycles. The van der Waals surface area contributed by atoms with Gasteiger partial charge in [0.05, 0.1) is 5.60 Å². The molecule has 0 heterocycles. The molecule has 2 bridgehead atoms. The minimum absolute atomic E-state index is 0.0768. The van der Waals surface area contributed by atoms with Crippen LogP contribution in [0.2, 0.25) is 5.82 Å². The second-order valence-corrected chi connectivity index (χ2v) is 7.35. The van der Waals surface area contributed by atoms with E-state index in [2.05, 4.69) is 27.8 Å². The number of allylic oxidation sites excluding steroid dienone is 2. The van der Waals surface area contributed by atoms with Crippen LogP contribution in [0.4, 0.5) is 0 Å². The Morgan fingerprint density at radius 1 is 1.44 bits per heavy atom. The molecule has 3 aliphatic rings. The van der Waals surface area contributed by atoms with Crippen LogP contribution in [0.25, 0.3) is 0 Å². The second-order valence-electron chi connectivity index (χ2n) is 7.35. The first-order chi connectivity index (χ1) is 8.28. The van der Waals surface area contributed by atoms with Crippen LogP contribution in [0.3, 0.4) is 0 Å². The first-order valence-electron chi connectivity index (χ1n) is 7.24. The quantitative estimate of drug-likeness (QED) is 0.659. The first-order valence-corrected chi connectivity index (χ1v) is 7.24. The molecule has 5 unspecified atom stereocenters. The van der Waals surface area contributed by atoms with Gasteiger partial charge in [-0.25, -0.2) is 0 Å². The number of hydrogen-bond acceptors (Lipinski definition) is 2. The molecule has 2 nitrogen and oxygen atoms in total. The summed E-state index contributed by atoms with van der Waals surface area (Å²) in [4.78, 5) is 12.0. The predicted molar refractivity (Wildman–Crippen MR) is 74.0 cm³/mol. The lowest BCUT2D eigenvalue weighted by atomic mass is 9.49. The maximum Gasteiger partial charge on any atom is 0.158 e. The summed E-state index contributed by atoms with van der Waals surface area (Å²) in [5.41, 5.74) is -0.486. The van der Waals surface area contributed by atoms with E-state index in [-0.39, 0.29) is 17.1 Å². The lowest BCUT2D eigenvalue weighted by Gasteiger charge is -2.50. The summed E-state index contributed by atoms with van der Waals surface area (Å²) in [7, 11) is 2.26. The lowest BCUT2D eigenvalue weighted by molar-refractivity contribution is -0.123. The molecule has 2 fully saturated rings. The number of ketones is 1. The fourth-order valence-corrected chi connectivity index (χ4v) is 5.49. The van der Waals surface area contributed by atoms with Gasteiger partial charge < -0.3 is 5.11 Å². The van der Waals surface area contributed by atoms with Gasteiger partial charge in [-0.1, -0.05) is 25.7 Å². The van der Waals surface area contributed by atoms with Crippen LogP contribution in [-0.2, 0) is 4.79 Å². The molecule has 0 aromatic carbocycles. The van der Waals surface area contributed by atoms with E-state index in [1.165, 1.54) is 0 Å². The molecule has 18 heavy (non-hydrogen) atoms. The Labute approximate surface area is 110 Å². The Kier molecular flexibility index (Phi) is 2.43. The van der Waals surface area contributed by atoms with Crippen molar-refractivity contribution in [1.82, 2.24) is 0 Å². The van der Waals surface area contributed by atoms with Gasteiger partial charge in [-0.15, -0.1) is 0 Å². The molecule has 98 valence electrons. The van der Waals surface area contributed by atoms with E-state index in [4.69, 9.17) is 0 Å². The summed E-state index contributed by atoms with van der Waals surface area (Å²) in [6, 6.07) is 0. The normalized spacial score (nSPS) is 58.7. The molecule has 1 N–H and O–H groups in total. The fourth-order valence-electron chi connectivity index (χ4n) is 5.49. The Hall–Kier alpha value is -0.565. The van der Waals surface area contributed by atoms with Gasteiger partial charge in [0.1, 0.15) is 7.85 Å². The van der Waals surface area contributed by atoms with Crippen molar-refractivity contribution in [2.75, 3.05) is 0 Å². The summed E-state index contributed by atoms with van der Waals surface area (Å²) in [5, 5.41) is 10.7. The molecule has 0 aromatic rings. The van der Waals surface area contributed by atoms with E-state index in [1.54, 1.807) is 6.08 Å². The van der Waals surface area contributed by atoms with Gasteiger partial charge in [0.2, 0.25) is 0 Å². The highest BCUT2D eigenvalue weighted by Crippen LogP contribution is 2.66. The third-order valence-electron chi connectivity index (χ3n) is 6.35. The zero-order valence-corrected chi connectivity index (χ0v) is 11.8. The van der Waals surface area contributed by atoms with Crippen LogP contribution in [0.15, 0.2) is 12.2 Å². The fraction of sp³-hybridized carbons (Fsp3) is 0.800. The van der Waals surface area contributed by atoms with E-state index in [9.17, 15) is 9.90 Å². The van der Waals surface area contributed by atoms with Crippen LogP contribution < -0.4 is 0 Å². The molecular formula is C15H23BO2. The van der Waals surface area contributed by atoms with Gasteiger partial charge in [-0.2, -0.15) is 0 Å². The molecule has 2 saturated carbocycles. The van der Waals surface area contributed by atoms with E-state index < -0.39 is 5.60 Å². The van der Waals surface area contributed by atoms with Gasteiger partial charge >= 0.3 is 0 Å². The minimum Gasteiger partial charge on any atom is -0.390 e. The molecule has 0 amide bonds. The monoisotopic (exact) mass is 246 g/mol. The smallest absolute Gasteiger partial charge is 0.158 e. The summed E-state index contributed by atoms with van der Waals surface area (Å²) < 4.78 is 0. The Morgan fingerprint density at radius 3 is 2.78 bits per heavy atom. The van der Waals surface area contributed by atoms with E-state index in [0.29, 0.717) is 23.6 Å². The van der Waals surface area contributed by atoms with Crippen molar-refractivity contribution in [1.29, 1.82) is 0 Å². The van der Waals surface area contributed by atoms with Gasteiger partial charge in [-0.3, -0.25) is 4.79 Å². The number of fused-ring (bicyclic) bond motifs is 1. The van der Waals surface area contributed by atoms with Gasteiger partial charge in [0.25, 0.3) is 0 Å². The highest BCUT2D eigenvalue weighted by atomic mass is 16.3. The van der Waals surface area contributed by atoms with Gasteiger partial charge in [0.15, 0.2) is 5.78 Å². The summed E-state index contributed by atoms with van der Waals surface area (Å²) in [6.45, 7) is 6.35. The SMILES string of the molecule is B[C@@H]1C(C)C2[C@H](C)C(=O)C=CC23CC1C(C)(O)C3. The number of carbonyl (C=O) groups is 1. The highest BCUT2D eigenvalue weighted by Gasteiger charge is 2.63. The summed E-state index contributed by atoms with van der Waals surface area (Å²) in [5.74, 6) is 2.20. The van der Waals surface area contributed by atoms with Gasteiger partial charge in [0, 0.05) is 5.92 Å². The van der Waals surface area contributed by atoms with E-state index in [0.717, 1.165) is 12.8 Å². The minimum atomic E-state index is -0.563. The van der Waals surface area contributed by atoms with Crippen molar-refractivity contribution in [3.05, 3.63) is 12.2 Å². The van der Waals surface area contributed by atoms with Crippen molar-refractivity contribution in [2.24, 2.45) is 29.1 Å². The van der Waals surface area contributed by atoms with E-state index in [1.807, 2.05) is 6.92 Å². The van der Waals surface area contributed by atoms with Crippen molar-refractivity contribution < 1.29 is 9.90 Å². The molecule has 3 heteroatoms. The summed E-state index contributed by atoms with van der Waals surface area (Å²) >= 11 is 0. The van der Waals surface area contributed by atoms with Crippen LogP contribution in [0.5, 0.6) is 0 Å². The Bertz CT molecular complexity index is 428. The molecule has 3 aliphatic carbocycles. The zero-order valence-electron chi connectivity index (χ0n) is 11.8. The molecule has 0 saturated heterocycles. The zero-order chi connectivity index (χ0) is 13.3. The van der Waals surface area contributed by atoms with Crippen molar-refractivity contribution in [2.45, 2.75) is 45.0 Å². The predicted octanol–water partition coefficient (Wildman–Crippen LogP) is 1.60. The van der Waals surface area contributed by atoms with Crippen LogP contribution in [0.1, 0.15) is 33.6 Å². The second kappa shape index (κ2) is 3.50. The van der Waals surface area contributed by atoms with Crippen LogP contribution >= 0.6 is 0 Å². The average Bonchev–Trinajstić information content (AvgIpc) is 2.52. The third kappa shape index (κ3) is 1.37. The molecular weight excluding hydrogens is 223 g/mol. The average molecular weight is 246 g/mol. The van der Waals surface area contributed by atoms with Gasteiger partial charge in [-0.05, 0) is 49.0 Å². The molecule has 7 atom stereocenters. The Morgan fingerprint density at radius 2 is 2.11 bits per heavy atom. The topological polar surface area (TPSA) is 37.3 Å². The molecule has 1 spiro atoms. The summed E-state index contributed by atoms with van der Waals surface area (Å²) in [6.07, 6.45) is 5.81. The first kappa shape index (κ1) is 12.5. The maximum absolute atomic E-state index is 12.0. The molecule has 3 rings (SSSR count). The van der Waals surface area contributed by atoms with E-state index >= 15 is 0 Å². The molecule has 0 radical (unpaired) electrons. The standard InChI is InChI=1S/C15H23BO2/c1-8-11(17)4-5-15-6-10(14(3,18)7-15)13(16)9(2)12(8)15/h4-5,8-10,12-13,18H,6-7,16H2,1-3H3/t8-,9?,10?,12?,13-,14?,15?/m1/s1. The number of hydrogen-bond donors (Lipinski definition) is 1. The lowest BCUT2D eigenvalue weighted by Crippen LogP contribution is -2.46. The van der Waals surface area contributed by atoms with Crippen LogP contribution in [0, 0.1) is 29.1 Å². The number of carbonyl (C=O) groups excluding carboxylic acids is 1.